The van der Waals surface area contributed by atoms with Crippen molar-refractivity contribution in [3.8, 4) is 0 Å². The van der Waals surface area contributed by atoms with Crippen LogP contribution < -0.4 is 0 Å². The van der Waals surface area contributed by atoms with E-state index in [0.29, 0.717) is 12.4 Å². The number of carbonyl (C=O) groups excluding carboxylic acids is 2. The molecule has 0 saturated carbocycles. The van der Waals surface area contributed by atoms with Crippen LogP contribution in [0, 0.1) is 0 Å². The first-order valence-electron chi connectivity index (χ1n) is 4.56. The van der Waals surface area contributed by atoms with E-state index >= 15 is 0 Å². The van der Waals surface area contributed by atoms with Crippen LogP contribution in [0.4, 0.5) is 0 Å². The number of nitrogens with zero attached hydrogens (tertiary/aromatic N) is 2. The van der Waals surface area contributed by atoms with Crippen LogP contribution in [0.15, 0.2) is 0 Å². The molecular formula is C9H17ClN2O2. The van der Waals surface area contributed by atoms with E-state index in [1.54, 1.807) is 14.1 Å². The molecule has 0 saturated heterocycles. The number of hydrogen-bond donors (Lipinski definition) is 0. The Kier molecular flexibility index (Phi) is 6.28. The maximum absolute atomic E-state index is 11.4. The number of amides is 2. The maximum atomic E-state index is 11.4. The highest BCUT2D eigenvalue weighted by molar-refractivity contribution is 6.18. The highest BCUT2D eigenvalue weighted by atomic mass is 35.5. The second kappa shape index (κ2) is 6.65. The van der Waals surface area contributed by atoms with Gasteiger partial charge in [0, 0.05) is 32.9 Å². The minimum atomic E-state index is -0.0743. The Bertz CT molecular complexity index is 207. The van der Waals surface area contributed by atoms with Gasteiger partial charge in [0.05, 0.1) is 6.54 Å². The van der Waals surface area contributed by atoms with E-state index in [-0.39, 0.29) is 24.8 Å². The van der Waals surface area contributed by atoms with Crippen molar-refractivity contribution in [2.45, 2.75) is 13.3 Å². The molecule has 0 aromatic heterocycles. The third-order valence-corrected chi connectivity index (χ3v) is 2.06. The monoisotopic (exact) mass is 220 g/mol. The summed E-state index contributed by atoms with van der Waals surface area (Å²) in [6.45, 7) is 2.52. The SMILES string of the molecule is CCN(CC(=O)N(C)C)C(=O)CCCl. The molecule has 0 radical (unpaired) electrons. The predicted molar refractivity (Wildman–Crippen MR) is 56.3 cm³/mol. The Morgan fingerprint density at radius 2 is 1.79 bits per heavy atom. The van der Waals surface area contributed by atoms with Crippen LogP contribution in [0.3, 0.4) is 0 Å². The molecule has 0 aliphatic heterocycles. The Hall–Kier alpha value is -0.770. The zero-order valence-corrected chi connectivity index (χ0v) is 9.67. The molecule has 0 rings (SSSR count). The van der Waals surface area contributed by atoms with Gasteiger partial charge in [-0.3, -0.25) is 9.59 Å². The van der Waals surface area contributed by atoms with E-state index in [1.165, 1.54) is 9.80 Å². The van der Waals surface area contributed by atoms with Crippen LogP contribution in [-0.4, -0.2) is 54.7 Å². The first-order valence-corrected chi connectivity index (χ1v) is 5.10. The molecular weight excluding hydrogens is 204 g/mol. The second-order valence-electron chi connectivity index (χ2n) is 3.14. The summed E-state index contributed by atoms with van der Waals surface area (Å²) < 4.78 is 0. The van der Waals surface area contributed by atoms with Gasteiger partial charge in [0.2, 0.25) is 11.8 Å². The lowest BCUT2D eigenvalue weighted by Gasteiger charge is -2.21. The van der Waals surface area contributed by atoms with E-state index in [4.69, 9.17) is 11.6 Å². The third kappa shape index (κ3) is 4.46. The zero-order valence-electron chi connectivity index (χ0n) is 8.92. The van der Waals surface area contributed by atoms with Gasteiger partial charge in [-0.15, -0.1) is 11.6 Å². The molecule has 0 fully saturated rings. The molecule has 5 heteroatoms. The Morgan fingerprint density at radius 1 is 1.21 bits per heavy atom. The number of hydrogen-bond acceptors (Lipinski definition) is 2. The van der Waals surface area contributed by atoms with Gasteiger partial charge in [0.15, 0.2) is 0 Å². The average Bonchev–Trinajstić information content (AvgIpc) is 2.13. The summed E-state index contributed by atoms with van der Waals surface area (Å²) in [4.78, 5) is 25.7. The molecule has 0 aromatic carbocycles. The number of alkyl halides is 1. The van der Waals surface area contributed by atoms with Gasteiger partial charge >= 0.3 is 0 Å². The quantitative estimate of drug-likeness (QED) is 0.635. The fourth-order valence-electron chi connectivity index (χ4n) is 0.920. The Labute approximate surface area is 89.8 Å². The predicted octanol–water partition coefficient (Wildman–Crippen LogP) is 0.552. The smallest absolute Gasteiger partial charge is 0.241 e. The molecule has 14 heavy (non-hydrogen) atoms. The lowest BCUT2D eigenvalue weighted by Crippen LogP contribution is -2.40. The fourth-order valence-corrected chi connectivity index (χ4v) is 1.08. The van der Waals surface area contributed by atoms with Crippen molar-refractivity contribution in [2.75, 3.05) is 33.1 Å². The van der Waals surface area contributed by atoms with Crippen molar-refractivity contribution in [3.05, 3.63) is 0 Å². The van der Waals surface area contributed by atoms with Gasteiger partial charge in [-0.25, -0.2) is 0 Å². The molecule has 2 amide bonds. The van der Waals surface area contributed by atoms with E-state index in [9.17, 15) is 9.59 Å². The normalized spacial score (nSPS) is 9.71. The van der Waals surface area contributed by atoms with Crippen LogP contribution in [0.25, 0.3) is 0 Å². The largest absolute Gasteiger partial charge is 0.347 e. The lowest BCUT2D eigenvalue weighted by atomic mass is 10.3. The van der Waals surface area contributed by atoms with E-state index in [1.807, 2.05) is 6.92 Å². The van der Waals surface area contributed by atoms with E-state index < -0.39 is 0 Å². The highest BCUT2D eigenvalue weighted by Gasteiger charge is 2.15. The van der Waals surface area contributed by atoms with E-state index in [0.717, 1.165) is 0 Å². The minimum absolute atomic E-state index is 0.0716. The minimum Gasteiger partial charge on any atom is -0.347 e. The first-order chi connectivity index (χ1) is 6.52. The van der Waals surface area contributed by atoms with Crippen molar-refractivity contribution in [3.63, 3.8) is 0 Å². The van der Waals surface area contributed by atoms with Gasteiger partial charge in [0.1, 0.15) is 0 Å². The van der Waals surface area contributed by atoms with Crippen LogP contribution in [0.5, 0.6) is 0 Å². The molecule has 0 bridgehead atoms. The number of likely N-dealkylation sites (N-methyl/N-ethyl adjacent to an activating group) is 2. The summed E-state index contributed by atoms with van der Waals surface area (Å²) in [5, 5.41) is 0. The molecule has 0 aliphatic carbocycles. The first kappa shape index (κ1) is 13.2. The third-order valence-electron chi connectivity index (χ3n) is 1.87. The molecule has 0 atom stereocenters. The molecule has 4 nitrogen and oxygen atoms in total. The fraction of sp³-hybridized carbons (Fsp3) is 0.778. The standard InChI is InChI=1S/C9H17ClN2O2/c1-4-12(8(13)5-6-10)7-9(14)11(2)3/h4-7H2,1-3H3. The lowest BCUT2D eigenvalue weighted by molar-refractivity contribution is -0.138. The van der Waals surface area contributed by atoms with Crippen molar-refractivity contribution in [2.24, 2.45) is 0 Å². The highest BCUT2D eigenvalue weighted by Crippen LogP contribution is 1.97. The van der Waals surface area contributed by atoms with Gasteiger partial charge in [-0.2, -0.15) is 0 Å². The number of halogens is 1. The summed E-state index contributed by atoms with van der Waals surface area (Å²) in [5.41, 5.74) is 0. The molecule has 0 N–H and O–H groups in total. The number of carbonyl (C=O) groups is 2. The topological polar surface area (TPSA) is 40.6 Å². The average molecular weight is 221 g/mol. The van der Waals surface area contributed by atoms with Crippen molar-refractivity contribution in [1.82, 2.24) is 9.80 Å². The zero-order chi connectivity index (χ0) is 11.1. The summed E-state index contributed by atoms with van der Waals surface area (Å²) in [6, 6.07) is 0. The molecule has 0 spiro atoms. The molecule has 0 aromatic rings. The summed E-state index contributed by atoms with van der Waals surface area (Å²) >= 11 is 5.45. The van der Waals surface area contributed by atoms with Crippen LogP contribution in [-0.2, 0) is 9.59 Å². The van der Waals surface area contributed by atoms with Crippen LogP contribution in [0.2, 0.25) is 0 Å². The van der Waals surface area contributed by atoms with Gasteiger partial charge < -0.3 is 9.80 Å². The molecule has 0 unspecified atom stereocenters. The summed E-state index contributed by atoms with van der Waals surface area (Å²) in [7, 11) is 3.34. The number of rotatable bonds is 5. The molecule has 0 heterocycles. The molecule has 82 valence electrons. The van der Waals surface area contributed by atoms with Crippen molar-refractivity contribution >= 4 is 23.4 Å². The van der Waals surface area contributed by atoms with E-state index in [2.05, 4.69) is 0 Å². The maximum Gasteiger partial charge on any atom is 0.241 e. The Morgan fingerprint density at radius 3 is 2.14 bits per heavy atom. The molecule has 0 aliphatic rings. The van der Waals surface area contributed by atoms with Gasteiger partial charge in [-0.1, -0.05) is 0 Å². The van der Waals surface area contributed by atoms with Crippen molar-refractivity contribution < 1.29 is 9.59 Å². The summed E-state index contributed by atoms with van der Waals surface area (Å²) in [5.74, 6) is 0.151. The summed E-state index contributed by atoms with van der Waals surface area (Å²) in [6.07, 6.45) is 0.288. The van der Waals surface area contributed by atoms with Gasteiger partial charge in [0.25, 0.3) is 0 Å². The van der Waals surface area contributed by atoms with Gasteiger partial charge in [-0.05, 0) is 6.92 Å². The Balaban J connectivity index is 4.15. The van der Waals surface area contributed by atoms with Crippen LogP contribution >= 0.6 is 11.6 Å². The van der Waals surface area contributed by atoms with Crippen LogP contribution in [0.1, 0.15) is 13.3 Å². The second-order valence-corrected chi connectivity index (χ2v) is 3.51. The van der Waals surface area contributed by atoms with Crippen molar-refractivity contribution in [1.29, 1.82) is 0 Å².